The zero-order chi connectivity index (χ0) is 17.8. The van der Waals surface area contributed by atoms with Gasteiger partial charge in [-0.25, -0.2) is 5.84 Å². The van der Waals surface area contributed by atoms with Gasteiger partial charge in [-0.15, -0.1) is 0 Å². The summed E-state index contributed by atoms with van der Waals surface area (Å²) < 4.78 is 4.79. The van der Waals surface area contributed by atoms with Crippen molar-refractivity contribution in [3.05, 3.63) is 65.2 Å². The van der Waals surface area contributed by atoms with Crippen LogP contribution in [-0.4, -0.2) is 31.7 Å². The van der Waals surface area contributed by atoms with Crippen molar-refractivity contribution in [3.63, 3.8) is 0 Å². The summed E-state index contributed by atoms with van der Waals surface area (Å²) >= 11 is 0. The summed E-state index contributed by atoms with van der Waals surface area (Å²) in [5, 5.41) is 1.56. The molecule has 3 rings (SSSR count). The monoisotopic (exact) mass is 338 g/mol. The molecule has 1 aliphatic heterocycles. The quantitative estimate of drug-likeness (QED) is 0.374. The van der Waals surface area contributed by atoms with Crippen molar-refractivity contribution in [3.8, 4) is 0 Å². The highest BCUT2D eigenvalue weighted by molar-refractivity contribution is 5.93. The summed E-state index contributed by atoms with van der Waals surface area (Å²) in [6, 6.07) is 16.0. The summed E-state index contributed by atoms with van der Waals surface area (Å²) in [6.45, 7) is 1.70. The molecule has 25 heavy (non-hydrogen) atoms. The fourth-order valence-electron chi connectivity index (χ4n) is 3.16. The molecule has 0 bridgehead atoms. The van der Waals surface area contributed by atoms with E-state index in [0.717, 1.165) is 34.6 Å². The third-order valence-electron chi connectivity index (χ3n) is 4.35. The molecule has 4 N–H and O–H groups in total. The third-order valence-corrected chi connectivity index (χ3v) is 4.35. The standard InChI is InChI=1S/C19H22N4O2/c1-22-12-14-6-2-3-7-15(14)19(23(21)10-11-25-13-24)18(20)16-8-4-5-9-17(16)22/h2-9,13H,10-12,20-21H2,1H3/b19-18-. The maximum Gasteiger partial charge on any atom is 0.293 e. The zero-order valence-corrected chi connectivity index (χ0v) is 14.2. The Morgan fingerprint density at radius 2 is 1.84 bits per heavy atom. The Morgan fingerprint density at radius 3 is 2.60 bits per heavy atom. The maximum absolute atomic E-state index is 10.4. The lowest BCUT2D eigenvalue weighted by molar-refractivity contribution is -0.128. The predicted molar refractivity (Wildman–Crippen MR) is 98.9 cm³/mol. The Hall–Kier alpha value is -2.99. The summed E-state index contributed by atoms with van der Waals surface area (Å²) in [7, 11) is 2.05. The summed E-state index contributed by atoms with van der Waals surface area (Å²) in [5.74, 6) is 6.29. The van der Waals surface area contributed by atoms with E-state index in [1.54, 1.807) is 5.01 Å². The van der Waals surface area contributed by atoms with E-state index in [2.05, 4.69) is 11.0 Å². The Morgan fingerprint density at radius 1 is 1.16 bits per heavy atom. The molecule has 0 saturated heterocycles. The molecule has 1 heterocycles. The number of carbonyl (C=O) groups excluding carboxylic acids is 1. The smallest absolute Gasteiger partial charge is 0.293 e. The Labute approximate surface area is 147 Å². The number of rotatable bonds is 5. The number of carbonyl (C=O) groups is 1. The van der Waals surface area contributed by atoms with Crippen LogP contribution < -0.4 is 16.5 Å². The van der Waals surface area contributed by atoms with Crippen LogP contribution in [0.25, 0.3) is 11.4 Å². The van der Waals surface area contributed by atoms with Crippen LogP contribution in [0.5, 0.6) is 0 Å². The highest BCUT2D eigenvalue weighted by Crippen LogP contribution is 2.35. The lowest BCUT2D eigenvalue weighted by Gasteiger charge is -2.31. The first-order chi connectivity index (χ1) is 12.1. The summed E-state index contributed by atoms with van der Waals surface area (Å²) in [6.07, 6.45) is 0. The maximum atomic E-state index is 10.4. The number of hydrogen-bond donors (Lipinski definition) is 2. The van der Waals surface area contributed by atoms with Crippen LogP contribution in [-0.2, 0) is 16.1 Å². The Kier molecular flexibility index (Phi) is 4.90. The fraction of sp³-hybridized carbons (Fsp3) is 0.211. The molecule has 0 saturated carbocycles. The van der Waals surface area contributed by atoms with Crippen LogP contribution in [0, 0.1) is 0 Å². The largest absolute Gasteiger partial charge is 0.466 e. The van der Waals surface area contributed by atoms with Gasteiger partial charge in [0.2, 0.25) is 0 Å². The van der Waals surface area contributed by atoms with Crippen molar-refractivity contribution in [2.24, 2.45) is 11.6 Å². The molecular formula is C19H22N4O2. The van der Waals surface area contributed by atoms with Crippen molar-refractivity contribution in [2.75, 3.05) is 25.1 Å². The first-order valence-corrected chi connectivity index (χ1v) is 8.09. The van der Waals surface area contributed by atoms with Gasteiger partial charge in [-0.2, -0.15) is 0 Å². The number of para-hydroxylation sites is 1. The van der Waals surface area contributed by atoms with E-state index < -0.39 is 0 Å². The van der Waals surface area contributed by atoms with Gasteiger partial charge in [0.15, 0.2) is 0 Å². The summed E-state index contributed by atoms with van der Waals surface area (Å²) in [4.78, 5) is 12.6. The van der Waals surface area contributed by atoms with E-state index in [1.807, 2.05) is 49.5 Å². The topological polar surface area (TPSA) is 84.8 Å². The highest BCUT2D eigenvalue weighted by atomic mass is 16.5. The van der Waals surface area contributed by atoms with Crippen molar-refractivity contribution >= 4 is 23.6 Å². The molecule has 1 aliphatic rings. The second kappa shape index (κ2) is 7.27. The van der Waals surface area contributed by atoms with E-state index in [-0.39, 0.29) is 6.61 Å². The SMILES string of the molecule is CN1Cc2ccccc2/C(N(N)CCOC=O)=C(/N)c2ccccc21. The van der Waals surface area contributed by atoms with Crippen LogP contribution in [0.15, 0.2) is 48.5 Å². The predicted octanol–water partition coefficient (Wildman–Crippen LogP) is 1.77. The van der Waals surface area contributed by atoms with Gasteiger partial charge in [0.1, 0.15) is 6.61 Å². The number of fused-ring (bicyclic) bond motifs is 2. The molecule has 0 spiro atoms. The molecule has 2 aromatic rings. The molecule has 0 radical (unpaired) electrons. The minimum Gasteiger partial charge on any atom is -0.466 e. The molecule has 6 heteroatoms. The lowest BCUT2D eigenvalue weighted by Crippen LogP contribution is -2.35. The number of nitrogens with zero attached hydrogens (tertiary/aromatic N) is 2. The fourth-order valence-corrected chi connectivity index (χ4v) is 3.16. The van der Waals surface area contributed by atoms with Crippen LogP contribution in [0.2, 0.25) is 0 Å². The summed E-state index contributed by atoms with van der Waals surface area (Å²) in [5.41, 5.74) is 12.0. The van der Waals surface area contributed by atoms with E-state index in [0.29, 0.717) is 18.7 Å². The van der Waals surface area contributed by atoms with E-state index in [1.165, 1.54) is 0 Å². The van der Waals surface area contributed by atoms with Gasteiger partial charge in [-0.1, -0.05) is 42.5 Å². The van der Waals surface area contributed by atoms with E-state index in [9.17, 15) is 4.79 Å². The Balaban J connectivity index is 2.16. The molecule has 0 aliphatic carbocycles. The first kappa shape index (κ1) is 16.9. The van der Waals surface area contributed by atoms with Gasteiger partial charge in [0.25, 0.3) is 6.47 Å². The molecule has 0 fully saturated rings. The minimum absolute atomic E-state index is 0.195. The van der Waals surface area contributed by atoms with Crippen molar-refractivity contribution < 1.29 is 9.53 Å². The number of benzene rings is 2. The molecule has 0 unspecified atom stereocenters. The average Bonchev–Trinajstić information content (AvgIpc) is 2.62. The van der Waals surface area contributed by atoms with Crippen LogP contribution >= 0.6 is 0 Å². The number of hydrazine groups is 1. The number of ether oxygens (including phenoxy) is 1. The van der Waals surface area contributed by atoms with Gasteiger partial charge in [0.05, 0.1) is 17.9 Å². The van der Waals surface area contributed by atoms with Gasteiger partial charge < -0.3 is 20.4 Å². The van der Waals surface area contributed by atoms with Crippen molar-refractivity contribution in [1.82, 2.24) is 5.01 Å². The van der Waals surface area contributed by atoms with Gasteiger partial charge in [0, 0.05) is 30.4 Å². The average molecular weight is 338 g/mol. The normalized spacial score (nSPS) is 16.3. The molecule has 0 amide bonds. The van der Waals surface area contributed by atoms with Crippen molar-refractivity contribution in [1.29, 1.82) is 0 Å². The first-order valence-electron chi connectivity index (χ1n) is 8.09. The zero-order valence-electron chi connectivity index (χ0n) is 14.2. The molecule has 0 aromatic heterocycles. The second-order valence-electron chi connectivity index (χ2n) is 5.95. The van der Waals surface area contributed by atoms with Crippen LogP contribution in [0.1, 0.15) is 16.7 Å². The number of nitrogens with two attached hydrogens (primary N) is 2. The number of anilines is 1. The van der Waals surface area contributed by atoms with E-state index >= 15 is 0 Å². The Bertz CT molecular complexity index is 804. The van der Waals surface area contributed by atoms with Crippen LogP contribution in [0.3, 0.4) is 0 Å². The minimum atomic E-state index is 0.195. The second-order valence-corrected chi connectivity index (χ2v) is 5.95. The van der Waals surface area contributed by atoms with Gasteiger partial charge in [-0.3, -0.25) is 4.79 Å². The third kappa shape index (κ3) is 3.29. The van der Waals surface area contributed by atoms with Gasteiger partial charge in [-0.05, 0) is 11.6 Å². The molecule has 2 aromatic carbocycles. The van der Waals surface area contributed by atoms with Crippen molar-refractivity contribution in [2.45, 2.75) is 6.54 Å². The highest BCUT2D eigenvalue weighted by Gasteiger charge is 2.23. The van der Waals surface area contributed by atoms with Gasteiger partial charge >= 0.3 is 0 Å². The van der Waals surface area contributed by atoms with Crippen LogP contribution in [0.4, 0.5) is 5.69 Å². The molecule has 0 atom stereocenters. The molecule has 130 valence electrons. The number of hydrogen-bond acceptors (Lipinski definition) is 6. The lowest BCUT2D eigenvalue weighted by atomic mass is 9.96. The molecular weight excluding hydrogens is 316 g/mol. The van der Waals surface area contributed by atoms with E-state index in [4.69, 9.17) is 16.3 Å². The molecule has 6 nitrogen and oxygen atoms in total.